The van der Waals surface area contributed by atoms with Gasteiger partial charge in [-0.25, -0.2) is 4.98 Å². The van der Waals surface area contributed by atoms with Gasteiger partial charge in [0.25, 0.3) is 0 Å². The zero-order valence-corrected chi connectivity index (χ0v) is 10.0. The van der Waals surface area contributed by atoms with E-state index in [1.807, 2.05) is 13.0 Å². The number of fused-ring (bicyclic) bond motifs is 1. The van der Waals surface area contributed by atoms with Crippen molar-refractivity contribution in [3.05, 3.63) is 35.0 Å². The van der Waals surface area contributed by atoms with Gasteiger partial charge >= 0.3 is 0 Å². The largest absolute Gasteiger partial charge is 0.353 e. The van der Waals surface area contributed by atoms with Crippen LogP contribution in [0.3, 0.4) is 0 Å². The van der Waals surface area contributed by atoms with Crippen molar-refractivity contribution in [3.63, 3.8) is 0 Å². The predicted octanol–water partition coefficient (Wildman–Crippen LogP) is 3.14. The Morgan fingerprint density at radius 2 is 1.82 bits per heavy atom. The van der Waals surface area contributed by atoms with Crippen LogP contribution in [0, 0.1) is 20.8 Å². The second kappa shape index (κ2) is 3.45. The first-order valence-electron chi connectivity index (χ1n) is 5.54. The number of H-pyrrole nitrogens is 1. The van der Waals surface area contributed by atoms with Crippen LogP contribution in [-0.2, 0) is 0 Å². The van der Waals surface area contributed by atoms with Gasteiger partial charge in [-0.1, -0.05) is 5.16 Å². The minimum absolute atomic E-state index is 0.675. The van der Waals surface area contributed by atoms with E-state index in [9.17, 15) is 0 Å². The van der Waals surface area contributed by atoms with E-state index in [2.05, 4.69) is 41.1 Å². The van der Waals surface area contributed by atoms with Crippen LogP contribution < -0.4 is 0 Å². The standard InChI is InChI=1S/C13H13N3O/c1-7-4-10-11(5-8(7)2)15-13(14-10)12-6-9(3)16-17-12/h4-6H,1-3H3,(H,14,15). The molecule has 0 unspecified atom stereocenters. The van der Waals surface area contributed by atoms with Gasteiger partial charge in [0.2, 0.25) is 5.76 Å². The van der Waals surface area contributed by atoms with Crippen LogP contribution in [0.25, 0.3) is 22.6 Å². The minimum atomic E-state index is 0.675. The second-order valence-electron chi connectivity index (χ2n) is 4.37. The van der Waals surface area contributed by atoms with Gasteiger partial charge in [-0.3, -0.25) is 0 Å². The molecule has 1 aromatic carbocycles. The highest BCUT2D eigenvalue weighted by atomic mass is 16.5. The summed E-state index contributed by atoms with van der Waals surface area (Å²) in [6.45, 7) is 6.07. The monoisotopic (exact) mass is 227 g/mol. The Labute approximate surface area is 98.7 Å². The molecule has 2 heterocycles. The zero-order valence-electron chi connectivity index (χ0n) is 10.0. The summed E-state index contributed by atoms with van der Waals surface area (Å²) in [7, 11) is 0. The molecule has 4 nitrogen and oxygen atoms in total. The Bertz CT molecular complexity index is 655. The smallest absolute Gasteiger partial charge is 0.202 e. The van der Waals surface area contributed by atoms with E-state index in [-0.39, 0.29) is 0 Å². The van der Waals surface area contributed by atoms with Crippen molar-refractivity contribution in [2.45, 2.75) is 20.8 Å². The number of aromatic nitrogens is 3. The molecule has 0 radical (unpaired) electrons. The molecule has 3 rings (SSSR count). The molecular formula is C13H13N3O. The summed E-state index contributed by atoms with van der Waals surface area (Å²) < 4.78 is 5.20. The summed E-state index contributed by atoms with van der Waals surface area (Å²) in [6.07, 6.45) is 0. The fourth-order valence-electron chi connectivity index (χ4n) is 1.86. The highest BCUT2D eigenvalue weighted by Gasteiger charge is 2.10. The third-order valence-corrected chi connectivity index (χ3v) is 2.96. The molecule has 86 valence electrons. The van der Waals surface area contributed by atoms with E-state index >= 15 is 0 Å². The van der Waals surface area contributed by atoms with Crippen LogP contribution in [0.15, 0.2) is 22.7 Å². The molecule has 1 N–H and O–H groups in total. The third kappa shape index (κ3) is 1.62. The van der Waals surface area contributed by atoms with Gasteiger partial charge in [0, 0.05) is 6.07 Å². The molecule has 4 heteroatoms. The molecule has 3 aromatic rings. The summed E-state index contributed by atoms with van der Waals surface area (Å²) in [4.78, 5) is 7.76. The molecule has 2 aromatic heterocycles. The molecule has 0 saturated heterocycles. The Hall–Kier alpha value is -2.10. The normalized spacial score (nSPS) is 11.2. The van der Waals surface area contributed by atoms with E-state index in [0.717, 1.165) is 22.6 Å². The number of aryl methyl sites for hydroxylation is 3. The number of benzene rings is 1. The van der Waals surface area contributed by atoms with Crippen LogP contribution in [0.1, 0.15) is 16.8 Å². The van der Waals surface area contributed by atoms with Crippen molar-refractivity contribution >= 4 is 11.0 Å². The number of nitrogens with zero attached hydrogens (tertiary/aromatic N) is 2. The van der Waals surface area contributed by atoms with Crippen LogP contribution >= 0.6 is 0 Å². The average Bonchev–Trinajstić information content (AvgIpc) is 2.85. The van der Waals surface area contributed by atoms with Crippen molar-refractivity contribution < 1.29 is 4.52 Å². The average molecular weight is 227 g/mol. The highest BCUT2D eigenvalue weighted by molar-refractivity contribution is 5.80. The molecular weight excluding hydrogens is 214 g/mol. The first-order valence-corrected chi connectivity index (χ1v) is 5.54. The maximum atomic E-state index is 5.20. The maximum absolute atomic E-state index is 5.20. The van der Waals surface area contributed by atoms with Crippen molar-refractivity contribution in [1.29, 1.82) is 0 Å². The molecule has 0 aliphatic carbocycles. The number of hydrogen-bond acceptors (Lipinski definition) is 3. The summed E-state index contributed by atoms with van der Waals surface area (Å²) in [6, 6.07) is 6.05. The Balaban J connectivity index is 2.19. The fraction of sp³-hybridized carbons (Fsp3) is 0.231. The summed E-state index contributed by atoms with van der Waals surface area (Å²) in [5.74, 6) is 1.40. The Kier molecular flexibility index (Phi) is 2.04. The van der Waals surface area contributed by atoms with Crippen LogP contribution in [-0.4, -0.2) is 15.1 Å². The molecule has 0 fully saturated rings. The number of hydrogen-bond donors (Lipinski definition) is 1. The quantitative estimate of drug-likeness (QED) is 0.694. The summed E-state index contributed by atoms with van der Waals surface area (Å²) >= 11 is 0. The molecule has 0 bridgehead atoms. The lowest BCUT2D eigenvalue weighted by Crippen LogP contribution is -1.79. The fourth-order valence-corrected chi connectivity index (χ4v) is 1.86. The highest BCUT2D eigenvalue weighted by Crippen LogP contribution is 2.23. The van der Waals surface area contributed by atoms with E-state index < -0.39 is 0 Å². The third-order valence-electron chi connectivity index (χ3n) is 2.96. The van der Waals surface area contributed by atoms with Crippen LogP contribution in [0.5, 0.6) is 0 Å². The summed E-state index contributed by atoms with van der Waals surface area (Å²) in [5, 5.41) is 3.86. The molecule has 17 heavy (non-hydrogen) atoms. The minimum Gasteiger partial charge on any atom is -0.353 e. The molecule has 0 aliphatic rings. The number of imidazole rings is 1. The van der Waals surface area contributed by atoms with Crippen molar-refractivity contribution in [2.75, 3.05) is 0 Å². The lowest BCUT2D eigenvalue weighted by atomic mass is 10.1. The van der Waals surface area contributed by atoms with Gasteiger partial charge in [0.05, 0.1) is 16.7 Å². The molecule has 0 amide bonds. The molecule has 0 saturated carbocycles. The maximum Gasteiger partial charge on any atom is 0.202 e. The number of aromatic amines is 1. The van der Waals surface area contributed by atoms with Crippen molar-refractivity contribution in [3.8, 4) is 11.6 Å². The number of nitrogens with one attached hydrogen (secondary N) is 1. The van der Waals surface area contributed by atoms with Gasteiger partial charge in [0.15, 0.2) is 5.82 Å². The lowest BCUT2D eigenvalue weighted by molar-refractivity contribution is 0.425. The molecule has 0 aliphatic heterocycles. The summed E-state index contributed by atoms with van der Waals surface area (Å²) in [5.41, 5.74) is 5.33. The SMILES string of the molecule is Cc1cc(-c2nc3cc(C)c(C)cc3[nH]2)on1. The van der Waals surface area contributed by atoms with Gasteiger partial charge in [0.1, 0.15) is 0 Å². The van der Waals surface area contributed by atoms with Gasteiger partial charge < -0.3 is 9.51 Å². The van der Waals surface area contributed by atoms with E-state index in [1.54, 1.807) is 0 Å². The van der Waals surface area contributed by atoms with Crippen molar-refractivity contribution in [2.24, 2.45) is 0 Å². The Morgan fingerprint density at radius 3 is 2.53 bits per heavy atom. The second-order valence-corrected chi connectivity index (χ2v) is 4.37. The predicted molar refractivity (Wildman–Crippen MR) is 65.8 cm³/mol. The first kappa shape index (κ1) is 10.1. The Morgan fingerprint density at radius 1 is 1.06 bits per heavy atom. The van der Waals surface area contributed by atoms with E-state index in [4.69, 9.17) is 4.52 Å². The van der Waals surface area contributed by atoms with E-state index in [0.29, 0.717) is 5.76 Å². The van der Waals surface area contributed by atoms with Crippen LogP contribution in [0.4, 0.5) is 0 Å². The number of rotatable bonds is 1. The van der Waals surface area contributed by atoms with E-state index in [1.165, 1.54) is 11.1 Å². The van der Waals surface area contributed by atoms with Crippen LogP contribution in [0.2, 0.25) is 0 Å². The molecule has 0 spiro atoms. The lowest BCUT2D eigenvalue weighted by Gasteiger charge is -1.97. The first-order chi connectivity index (χ1) is 8.13. The topological polar surface area (TPSA) is 54.7 Å². The van der Waals surface area contributed by atoms with Crippen molar-refractivity contribution in [1.82, 2.24) is 15.1 Å². The zero-order chi connectivity index (χ0) is 12.0. The van der Waals surface area contributed by atoms with Gasteiger partial charge in [-0.2, -0.15) is 0 Å². The van der Waals surface area contributed by atoms with Gasteiger partial charge in [-0.05, 0) is 44.0 Å². The molecule has 0 atom stereocenters. The van der Waals surface area contributed by atoms with Gasteiger partial charge in [-0.15, -0.1) is 0 Å².